The Morgan fingerprint density at radius 3 is 2.65 bits per heavy atom. The van der Waals surface area contributed by atoms with Crippen LogP contribution in [0.15, 0.2) is 23.1 Å². The fraction of sp³-hybridized carbons (Fsp3) is 0.571. The molecule has 0 spiro atoms. The maximum atomic E-state index is 12.7. The number of aliphatic hydroxyl groups is 1. The van der Waals surface area contributed by atoms with Gasteiger partial charge in [-0.15, -0.1) is 0 Å². The van der Waals surface area contributed by atoms with Gasteiger partial charge in [-0.05, 0) is 49.4 Å². The number of sulfonamides is 1. The van der Waals surface area contributed by atoms with Crippen LogP contribution in [0.2, 0.25) is 0 Å². The van der Waals surface area contributed by atoms with Crippen molar-refractivity contribution in [2.75, 3.05) is 18.8 Å². The Morgan fingerprint density at radius 2 is 2.00 bits per heavy atom. The van der Waals surface area contributed by atoms with Gasteiger partial charge in [0.25, 0.3) is 0 Å². The second kappa shape index (κ2) is 4.72. The largest absolute Gasteiger partial charge is 0.399 e. The van der Waals surface area contributed by atoms with E-state index in [1.54, 1.807) is 12.1 Å². The normalized spacial score (nSPS) is 30.6. The van der Waals surface area contributed by atoms with Crippen LogP contribution in [0.5, 0.6) is 0 Å². The number of fused-ring (bicyclic) bond motifs is 1. The first kappa shape index (κ1) is 13.9. The third-order valence-corrected chi connectivity index (χ3v) is 6.31. The predicted octanol–water partition coefficient (Wildman–Crippen LogP) is 0.969. The van der Waals surface area contributed by atoms with E-state index in [2.05, 4.69) is 0 Å². The number of rotatable bonds is 2. The van der Waals surface area contributed by atoms with Gasteiger partial charge in [-0.1, -0.05) is 0 Å². The third-order valence-electron chi connectivity index (χ3n) is 4.50. The standard InChI is InChI=1S/C14H20N2O3S/c1-9-4-11(15)6-12(5-9)20(18,19)16-7-10-2-3-14(17)13(10)8-16/h4-6,10,13-14,17H,2-3,7-8,15H2,1H3. The minimum atomic E-state index is -3.51. The van der Waals surface area contributed by atoms with E-state index >= 15 is 0 Å². The highest BCUT2D eigenvalue weighted by molar-refractivity contribution is 7.89. The Bertz CT molecular complexity index is 609. The number of hydrogen-bond acceptors (Lipinski definition) is 4. The maximum Gasteiger partial charge on any atom is 0.243 e. The van der Waals surface area contributed by atoms with E-state index in [1.807, 2.05) is 6.92 Å². The molecule has 1 saturated heterocycles. The number of nitrogen functional groups attached to an aromatic ring is 1. The smallest absolute Gasteiger partial charge is 0.243 e. The molecule has 5 nitrogen and oxygen atoms in total. The zero-order valence-corrected chi connectivity index (χ0v) is 12.3. The van der Waals surface area contributed by atoms with Crippen LogP contribution in [0.25, 0.3) is 0 Å². The summed E-state index contributed by atoms with van der Waals surface area (Å²) in [5, 5.41) is 9.90. The van der Waals surface area contributed by atoms with Crippen molar-refractivity contribution >= 4 is 15.7 Å². The summed E-state index contributed by atoms with van der Waals surface area (Å²) >= 11 is 0. The van der Waals surface area contributed by atoms with Crippen molar-refractivity contribution in [3.63, 3.8) is 0 Å². The van der Waals surface area contributed by atoms with Crippen LogP contribution in [0.1, 0.15) is 18.4 Å². The molecule has 1 saturated carbocycles. The van der Waals surface area contributed by atoms with Gasteiger partial charge in [-0.2, -0.15) is 4.31 Å². The first-order valence-corrected chi connectivity index (χ1v) is 8.37. The molecule has 2 fully saturated rings. The predicted molar refractivity (Wildman–Crippen MR) is 76.6 cm³/mol. The van der Waals surface area contributed by atoms with Crippen LogP contribution in [-0.4, -0.2) is 37.0 Å². The zero-order chi connectivity index (χ0) is 14.5. The number of nitrogens with zero attached hydrogens (tertiary/aromatic N) is 1. The summed E-state index contributed by atoms with van der Waals surface area (Å²) < 4.78 is 26.8. The van der Waals surface area contributed by atoms with Crippen molar-refractivity contribution in [1.29, 1.82) is 0 Å². The monoisotopic (exact) mass is 296 g/mol. The first-order valence-electron chi connectivity index (χ1n) is 6.93. The Hall–Kier alpha value is -1.11. The summed E-state index contributed by atoms with van der Waals surface area (Å²) in [7, 11) is -3.51. The minimum absolute atomic E-state index is 0.0898. The summed E-state index contributed by atoms with van der Waals surface area (Å²) in [6, 6.07) is 4.91. The molecule has 1 aromatic carbocycles. The lowest BCUT2D eigenvalue weighted by molar-refractivity contribution is 0.129. The molecular formula is C14H20N2O3S. The van der Waals surface area contributed by atoms with E-state index in [9.17, 15) is 13.5 Å². The molecule has 1 heterocycles. The van der Waals surface area contributed by atoms with Gasteiger partial charge in [-0.3, -0.25) is 0 Å². The highest BCUT2D eigenvalue weighted by Gasteiger charge is 2.45. The summed E-state index contributed by atoms with van der Waals surface area (Å²) in [6.07, 6.45) is 1.34. The molecule has 3 rings (SSSR count). The van der Waals surface area contributed by atoms with E-state index in [4.69, 9.17) is 5.73 Å². The molecule has 20 heavy (non-hydrogen) atoms. The quantitative estimate of drug-likeness (QED) is 0.797. The third kappa shape index (κ3) is 2.21. The van der Waals surface area contributed by atoms with Crippen molar-refractivity contribution in [3.8, 4) is 0 Å². The summed E-state index contributed by atoms with van der Waals surface area (Å²) in [6.45, 7) is 2.76. The molecule has 6 heteroatoms. The Balaban J connectivity index is 1.90. The number of aryl methyl sites for hydroxylation is 1. The maximum absolute atomic E-state index is 12.7. The summed E-state index contributed by atoms with van der Waals surface area (Å²) in [5.41, 5.74) is 7.04. The lowest BCUT2D eigenvalue weighted by Crippen LogP contribution is -2.31. The van der Waals surface area contributed by atoms with Crippen LogP contribution in [0.3, 0.4) is 0 Å². The fourth-order valence-electron chi connectivity index (χ4n) is 3.47. The van der Waals surface area contributed by atoms with E-state index in [1.165, 1.54) is 10.4 Å². The molecule has 110 valence electrons. The lowest BCUT2D eigenvalue weighted by atomic mass is 10.00. The van der Waals surface area contributed by atoms with E-state index in [-0.39, 0.29) is 16.9 Å². The van der Waals surface area contributed by atoms with Crippen LogP contribution < -0.4 is 5.73 Å². The van der Waals surface area contributed by atoms with Gasteiger partial charge >= 0.3 is 0 Å². The summed E-state index contributed by atoms with van der Waals surface area (Å²) in [4.78, 5) is 0.254. The van der Waals surface area contributed by atoms with Crippen molar-refractivity contribution in [2.24, 2.45) is 11.8 Å². The molecule has 3 unspecified atom stereocenters. The van der Waals surface area contributed by atoms with Crippen molar-refractivity contribution < 1.29 is 13.5 Å². The molecule has 0 aromatic heterocycles. The number of benzene rings is 1. The van der Waals surface area contributed by atoms with Gasteiger partial charge in [0.15, 0.2) is 0 Å². The number of hydrogen-bond donors (Lipinski definition) is 2. The van der Waals surface area contributed by atoms with Crippen molar-refractivity contribution in [3.05, 3.63) is 23.8 Å². The molecule has 3 N–H and O–H groups in total. The van der Waals surface area contributed by atoms with E-state index in [0.29, 0.717) is 24.7 Å². The van der Waals surface area contributed by atoms with Crippen LogP contribution in [0, 0.1) is 18.8 Å². The molecule has 1 aromatic rings. The average molecular weight is 296 g/mol. The van der Waals surface area contributed by atoms with Gasteiger partial charge in [0.1, 0.15) is 0 Å². The molecule has 2 aliphatic rings. The van der Waals surface area contributed by atoms with Crippen LogP contribution in [0.4, 0.5) is 5.69 Å². The van der Waals surface area contributed by atoms with Crippen molar-refractivity contribution in [1.82, 2.24) is 4.31 Å². The minimum Gasteiger partial charge on any atom is -0.399 e. The average Bonchev–Trinajstić information content (AvgIpc) is 2.91. The lowest BCUT2D eigenvalue weighted by Gasteiger charge is -2.19. The van der Waals surface area contributed by atoms with E-state index < -0.39 is 10.0 Å². The molecule has 0 bridgehead atoms. The number of anilines is 1. The number of aliphatic hydroxyl groups excluding tert-OH is 1. The Kier molecular flexibility index (Phi) is 3.27. The number of nitrogens with two attached hydrogens (primary N) is 1. The molecule has 1 aliphatic heterocycles. The molecular weight excluding hydrogens is 276 g/mol. The second-order valence-corrected chi connectivity index (χ2v) is 7.91. The SMILES string of the molecule is Cc1cc(N)cc(S(=O)(=O)N2CC3CCC(O)C3C2)c1. The topological polar surface area (TPSA) is 83.6 Å². The molecule has 1 aliphatic carbocycles. The van der Waals surface area contributed by atoms with Gasteiger partial charge in [0.2, 0.25) is 10.0 Å². The fourth-order valence-corrected chi connectivity index (χ4v) is 5.14. The second-order valence-electron chi connectivity index (χ2n) is 5.97. The van der Waals surface area contributed by atoms with Gasteiger partial charge in [-0.25, -0.2) is 8.42 Å². The van der Waals surface area contributed by atoms with Crippen molar-refractivity contribution in [2.45, 2.75) is 30.8 Å². The zero-order valence-electron chi connectivity index (χ0n) is 11.5. The highest BCUT2D eigenvalue weighted by atomic mass is 32.2. The van der Waals surface area contributed by atoms with E-state index in [0.717, 1.165) is 18.4 Å². The first-order chi connectivity index (χ1) is 9.38. The molecule has 3 atom stereocenters. The van der Waals surface area contributed by atoms with Gasteiger partial charge in [0, 0.05) is 24.7 Å². The van der Waals surface area contributed by atoms with Gasteiger partial charge < -0.3 is 10.8 Å². The molecule has 0 amide bonds. The highest BCUT2D eigenvalue weighted by Crippen LogP contribution is 2.40. The Labute approximate surface area is 119 Å². The Morgan fingerprint density at radius 1 is 1.25 bits per heavy atom. The molecule has 0 radical (unpaired) electrons. The van der Waals surface area contributed by atoms with Crippen LogP contribution in [-0.2, 0) is 10.0 Å². The van der Waals surface area contributed by atoms with Gasteiger partial charge in [0.05, 0.1) is 11.0 Å². The summed E-state index contributed by atoms with van der Waals surface area (Å²) in [5.74, 6) is 0.383. The van der Waals surface area contributed by atoms with Crippen LogP contribution >= 0.6 is 0 Å².